The van der Waals surface area contributed by atoms with Gasteiger partial charge in [0.05, 0.1) is 0 Å². The zero-order chi connectivity index (χ0) is 16.2. The van der Waals surface area contributed by atoms with Crippen LogP contribution in [0.2, 0.25) is 5.02 Å². The van der Waals surface area contributed by atoms with Crippen molar-refractivity contribution in [2.75, 3.05) is 0 Å². The van der Waals surface area contributed by atoms with Gasteiger partial charge in [-0.15, -0.1) is 21.5 Å². The van der Waals surface area contributed by atoms with Crippen LogP contribution in [0.25, 0.3) is 17.5 Å². The maximum absolute atomic E-state index is 11.4. The van der Waals surface area contributed by atoms with Gasteiger partial charge in [-0.05, 0) is 53.5 Å². The number of hydrogen-bond acceptors (Lipinski definition) is 6. The quantitative estimate of drug-likeness (QED) is 0.523. The molecule has 2 aromatic heterocycles. The van der Waals surface area contributed by atoms with E-state index in [1.807, 2.05) is 17.5 Å². The van der Waals surface area contributed by atoms with Crippen LogP contribution in [-0.2, 0) is 4.79 Å². The van der Waals surface area contributed by atoms with Gasteiger partial charge < -0.3 is 9.52 Å². The third kappa shape index (κ3) is 4.01. The molecule has 0 spiro atoms. The van der Waals surface area contributed by atoms with E-state index >= 15 is 0 Å². The van der Waals surface area contributed by atoms with Crippen LogP contribution in [0, 0.1) is 0 Å². The molecule has 1 aromatic carbocycles. The first-order valence-corrected chi connectivity index (χ1v) is 8.45. The Morgan fingerprint density at radius 1 is 1.26 bits per heavy atom. The Labute approximate surface area is 144 Å². The molecule has 0 aliphatic carbocycles. The van der Waals surface area contributed by atoms with Crippen molar-refractivity contribution in [3.05, 3.63) is 56.6 Å². The molecular formula is C15H9ClN2O3S2. The van der Waals surface area contributed by atoms with Crippen molar-refractivity contribution in [2.24, 2.45) is 0 Å². The SMILES string of the molecule is O=C(O)/C(=C/c1cccs1)Sc1nnc(-c2ccc(Cl)cc2)o1. The minimum atomic E-state index is -1.05. The minimum Gasteiger partial charge on any atom is -0.477 e. The van der Waals surface area contributed by atoms with Gasteiger partial charge in [-0.3, -0.25) is 0 Å². The van der Waals surface area contributed by atoms with Crippen molar-refractivity contribution in [1.29, 1.82) is 0 Å². The summed E-state index contributed by atoms with van der Waals surface area (Å²) in [5.74, 6) is -0.736. The lowest BCUT2D eigenvalue weighted by molar-refractivity contribution is -0.131. The summed E-state index contributed by atoms with van der Waals surface area (Å²) in [7, 11) is 0. The van der Waals surface area contributed by atoms with Crippen LogP contribution < -0.4 is 0 Å². The zero-order valence-corrected chi connectivity index (χ0v) is 13.9. The lowest BCUT2D eigenvalue weighted by atomic mass is 10.2. The summed E-state index contributed by atoms with van der Waals surface area (Å²) in [6.07, 6.45) is 1.57. The summed E-state index contributed by atoms with van der Waals surface area (Å²) >= 11 is 8.20. The number of thioether (sulfide) groups is 1. The Balaban J connectivity index is 1.82. The Morgan fingerprint density at radius 3 is 2.70 bits per heavy atom. The van der Waals surface area contributed by atoms with Gasteiger partial charge in [-0.1, -0.05) is 17.7 Å². The molecule has 0 saturated carbocycles. The number of carbonyl (C=O) groups is 1. The fourth-order valence-electron chi connectivity index (χ4n) is 1.69. The van der Waals surface area contributed by atoms with Gasteiger partial charge in [-0.2, -0.15) is 0 Å². The second-order valence-corrected chi connectivity index (χ2v) is 6.72. The first-order valence-electron chi connectivity index (χ1n) is 6.37. The van der Waals surface area contributed by atoms with Crippen LogP contribution in [0.1, 0.15) is 4.88 Å². The monoisotopic (exact) mass is 364 g/mol. The first-order chi connectivity index (χ1) is 11.1. The van der Waals surface area contributed by atoms with Crippen molar-refractivity contribution in [3.63, 3.8) is 0 Å². The fourth-order valence-corrected chi connectivity index (χ4v) is 3.21. The lowest BCUT2D eigenvalue weighted by Gasteiger charge is -1.97. The van der Waals surface area contributed by atoms with E-state index in [0.717, 1.165) is 16.6 Å². The molecule has 0 aliphatic heterocycles. The molecule has 3 aromatic rings. The number of hydrogen-bond donors (Lipinski definition) is 1. The molecule has 23 heavy (non-hydrogen) atoms. The van der Waals surface area contributed by atoms with Gasteiger partial charge in [-0.25, -0.2) is 4.79 Å². The Hall–Kier alpha value is -2.09. The number of halogens is 1. The zero-order valence-electron chi connectivity index (χ0n) is 11.5. The molecule has 0 bridgehead atoms. The van der Waals surface area contributed by atoms with Crippen LogP contribution in [0.5, 0.6) is 0 Å². The largest absolute Gasteiger partial charge is 0.477 e. The highest BCUT2D eigenvalue weighted by atomic mass is 35.5. The standard InChI is InChI=1S/C15H9ClN2O3S2/c16-10-5-3-9(4-6-10)13-17-18-15(21-13)23-12(14(19)20)8-11-2-1-7-22-11/h1-8H,(H,19,20)/b12-8-. The molecule has 0 amide bonds. The Kier molecular flexibility index (Phi) is 4.80. The molecule has 8 heteroatoms. The predicted molar refractivity (Wildman–Crippen MR) is 90.5 cm³/mol. The summed E-state index contributed by atoms with van der Waals surface area (Å²) < 4.78 is 5.51. The molecule has 0 unspecified atom stereocenters. The third-order valence-electron chi connectivity index (χ3n) is 2.72. The van der Waals surface area contributed by atoms with Crippen molar-refractivity contribution in [3.8, 4) is 11.5 Å². The maximum atomic E-state index is 11.4. The van der Waals surface area contributed by atoms with E-state index in [1.165, 1.54) is 11.3 Å². The number of thiophene rings is 1. The maximum Gasteiger partial charge on any atom is 0.342 e. The number of carboxylic acid groups (broad SMARTS) is 1. The highest BCUT2D eigenvalue weighted by Gasteiger charge is 2.16. The average Bonchev–Trinajstić information content (AvgIpc) is 3.19. The van der Waals surface area contributed by atoms with E-state index in [1.54, 1.807) is 30.3 Å². The van der Waals surface area contributed by atoms with Crippen molar-refractivity contribution in [1.82, 2.24) is 10.2 Å². The van der Waals surface area contributed by atoms with E-state index < -0.39 is 5.97 Å². The van der Waals surface area contributed by atoms with Gasteiger partial charge in [0, 0.05) is 15.5 Å². The smallest absolute Gasteiger partial charge is 0.342 e. The average molecular weight is 365 g/mol. The minimum absolute atomic E-state index is 0.110. The number of aliphatic carboxylic acids is 1. The van der Waals surface area contributed by atoms with Crippen LogP contribution in [0.15, 0.2) is 56.3 Å². The van der Waals surface area contributed by atoms with E-state index in [-0.39, 0.29) is 10.1 Å². The van der Waals surface area contributed by atoms with Gasteiger partial charge in [0.15, 0.2) is 0 Å². The van der Waals surface area contributed by atoms with Gasteiger partial charge >= 0.3 is 5.97 Å². The Morgan fingerprint density at radius 2 is 2.04 bits per heavy atom. The summed E-state index contributed by atoms with van der Waals surface area (Å²) in [6, 6.07) is 10.6. The first kappa shape index (κ1) is 15.8. The molecule has 1 N–H and O–H groups in total. The normalized spacial score (nSPS) is 11.6. The predicted octanol–water partition coefficient (Wildman–Crippen LogP) is 4.67. The second-order valence-electron chi connectivity index (χ2n) is 4.31. The lowest BCUT2D eigenvalue weighted by Crippen LogP contribution is -1.96. The Bertz CT molecular complexity index is 842. The number of rotatable bonds is 5. The number of carboxylic acids is 1. The van der Waals surface area contributed by atoms with Crippen LogP contribution in [-0.4, -0.2) is 21.3 Å². The summed E-state index contributed by atoms with van der Waals surface area (Å²) in [5.41, 5.74) is 0.716. The molecule has 3 rings (SSSR count). The highest BCUT2D eigenvalue weighted by Crippen LogP contribution is 2.30. The van der Waals surface area contributed by atoms with E-state index in [9.17, 15) is 9.90 Å². The molecule has 0 fully saturated rings. The summed E-state index contributed by atoms with van der Waals surface area (Å²) in [6.45, 7) is 0. The van der Waals surface area contributed by atoms with Crippen molar-refractivity contribution < 1.29 is 14.3 Å². The number of nitrogens with zero attached hydrogens (tertiary/aromatic N) is 2. The molecule has 0 radical (unpaired) electrons. The number of benzene rings is 1. The van der Waals surface area contributed by atoms with E-state index in [0.29, 0.717) is 16.5 Å². The molecule has 2 heterocycles. The van der Waals surface area contributed by atoms with E-state index in [2.05, 4.69) is 10.2 Å². The fraction of sp³-hybridized carbons (Fsp3) is 0. The van der Waals surface area contributed by atoms with Gasteiger partial charge in [0.25, 0.3) is 5.22 Å². The van der Waals surface area contributed by atoms with Gasteiger partial charge in [0.2, 0.25) is 5.89 Å². The van der Waals surface area contributed by atoms with Crippen molar-refractivity contribution in [2.45, 2.75) is 5.22 Å². The molecule has 0 saturated heterocycles. The van der Waals surface area contributed by atoms with Crippen LogP contribution in [0.3, 0.4) is 0 Å². The third-order valence-corrected chi connectivity index (χ3v) is 4.65. The van der Waals surface area contributed by atoms with Crippen LogP contribution >= 0.6 is 34.7 Å². The van der Waals surface area contributed by atoms with Gasteiger partial charge in [0.1, 0.15) is 4.91 Å². The molecule has 0 atom stereocenters. The number of aromatic nitrogens is 2. The molecular weight excluding hydrogens is 356 g/mol. The van der Waals surface area contributed by atoms with E-state index in [4.69, 9.17) is 16.0 Å². The van der Waals surface area contributed by atoms with Crippen molar-refractivity contribution >= 4 is 46.7 Å². The topological polar surface area (TPSA) is 76.2 Å². The summed E-state index contributed by atoms with van der Waals surface area (Å²) in [5, 5.41) is 19.8. The molecule has 116 valence electrons. The second kappa shape index (κ2) is 6.99. The van der Waals surface area contributed by atoms with Crippen LogP contribution in [0.4, 0.5) is 0 Å². The summed E-state index contributed by atoms with van der Waals surface area (Å²) in [4.78, 5) is 12.3. The molecule has 0 aliphatic rings. The molecule has 5 nitrogen and oxygen atoms in total. The highest BCUT2D eigenvalue weighted by molar-refractivity contribution is 8.03.